The van der Waals surface area contributed by atoms with Crippen molar-refractivity contribution in [1.82, 2.24) is 10.2 Å². The average Bonchev–Trinajstić information content (AvgIpc) is 3.81. The van der Waals surface area contributed by atoms with E-state index in [4.69, 9.17) is 9.47 Å². The van der Waals surface area contributed by atoms with Crippen molar-refractivity contribution in [3.63, 3.8) is 0 Å². The molecule has 55 heavy (non-hydrogen) atoms. The van der Waals surface area contributed by atoms with Crippen LogP contribution in [-0.2, 0) is 35.1 Å². The van der Waals surface area contributed by atoms with Crippen LogP contribution < -0.4 is 15.1 Å². The van der Waals surface area contributed by atoms with Crippen LogP contribution in [-0.4, -0.2) is 90.3 Å². The van der Waals surface area contributed by atoms with Crippen molar-refractivity contribution in [3.05, 3.63) is 119 Å². The van der Waals surface area contributed by atoms with Crippen LogP contribution in [0.15, 0.2) is 108 Å². The molecular formula is C43H47BrN4O7. The predicted molar refractivity (Wildman–Crippen MR) is 212 cm³/mol. The number of hydrogen-bond acceptors (Lipinski definition) is 8. The molecule has 5 bridgehead atoms. The zero-order chi connectivity index (χ0) is 38.7. The van der Waals surface area contributed by atoms with Gasteiger partial charge in [-0.15, -0.1) is 0 Å². The zero-order valence-electron chi connectivity index (χ0n) is 31.1. The number of rotatable bonds is 9. The number of hydrogen-bond donors (Lipinski definition) is 2. The quantitative estimate of drug-likeness (QED) is 0.226. The Labute approximate surface area is 330 Å². The molecule has 0 unspecified atom stereocenters. The van der Waals surface area contributed by atoms with Gasteiger partial charge < -0.3 is 34.6 Å². The molecule has 0 aliphatic carbocycles. The fourth-order valence-electron chi connectivity index (χ4n) is 8.59. The van der Waals surface area contributed by atoms with Crippen LogP contribution in [0.3, 0.4) is 0 Å². The van der Waals surface area contributed by atoms with Crippen LogP contribution in [0.5, 0.6) is 0 Å². The van der Waals surface area contributed by atoms with Crippen molar-refractivity contribution in [2.75, 3.05) is 42.6 Å². The molecule has 7 rings (SSSR count). The summed E-state index contributed by atoms with van der Waals surface area (Å²) in [6.07, 6.45) is 5.39. The number of carbonyl (C=O) groups excluding carboxylic acids is 4. The number of nitrogens with one attached hydrogen (secondary N) is 1. The lowest BCUT2D eigenvalue weighted by molar-refractivity contribution is -0.146. The lowest BCUT2D eigenvalue weighted by Gasteiger charge is -2.39. The number of ether oxygens (including phenoxy) is 2. The molecule has 2 fully saturated rings. The molecule has 1 spiro atoms. The molecule has 3 aromatic carbocycles. The van der Waals surface area contributed by atoms with Gasteiger partial charge in [0.2, 0.25) is 11.8 Å². The molecule has 12 heteroatoms. The number of likely N-dealkylation sites (tertiary alicyclic amines) is 1. The standard InChI is InChI=1S/C43H47BrN4O7/c1-3-46(4-2)30-19-21-31(22-20-30)47-23-13-7-12-18-35(50)54-27-34(29-16-10-6-11-17-29)45-40(51)36-37-41(52)48(32(26-49)24-28-14-8-5-9-15-28)39(42(47)53)43(37)25-33(44)38(36)55-43/h5-11,13-17,19-22,25,32,34,36-39,49H,3-4,12,18,23-24,26-27H2,1-2H3,(H,45,51)/b13-7-/t32-,34+,36+,37-,38+,39+,43-/m1/s1. The number of halogens is 1. The number of amides is 3. The van der Waals surface area contributed by atoms with Crippen LogP contribution in [0.25, 0.3) is 0 Å². The molecule has 4 aliphatic heterocycles. The average molecular weight is 812 g/mol. The topological polar surface area (TPSA) is 129 Å². The fourth-order valence-corrected chi connectivity index (χ4v) is 9.33. The minimum absolute atomic E-state index is 0.106. The highest BCUT2D eigenvalue weighted by atomic mass is 79.9. The number of cyclic esters (lactones) is 1. The number of benzene rings is 3. The Morgan fingerprint density at radius 3 is 2.29 bits per heavy atom. The van der Waals surface area contributed by atoms with Gasteiger partial charge in [-0.3, -0.25) is 19.2 Å². The first-order chi connectivity index (χ1) is 26.7. The summed E-state index contributed by atoms with van der Waals surface area (Å²) < 4.78 is 13.0. The largest absolute Gasteiger partial charge is 0.463 e. The Hall–Kier alpha value is -4.78. The number of fused-ring (bicyclic) bond motifs is 2. The number of anilines is 2. The second-order valence-corrected chi connectivity index (χ2v) is 15.3. The molecular weight excluding hydrogens is 764 g/mol. The Bertz CT molecular complexity index is 1940. The van der Waals surface area contributed by atoms with E-state index in [1.165, 1.54) is 4.90 Å². The maximum absolute atomic E-state index is 15.5. The SMILES string of the molecule is CCN(CC)c1ccc(N2C/C=C\CCC(=O)OC[C@@H](c3ccccc3)NC(=O)[C@@H]3[C@H]4O[C@@]5(C=C4Br)[C@H](C2=O)N([C@@H](CO)Cc2ccccc2)C(=O)[C@@H]35)cc1. The van der Waals surface area contributed by atoms with E-state index in [0.29, 0.717) is 16.6 Å². The predicted octanol–water partition coefficient (Wildman–Crippen LogP) is 5.09. The number of aliphatic hydroxyl groups excluding tert-OH is 1. The number of carbonyl (C=O) groups is 4. The molecule has 4 aliphatic rings. The van der Waals surface area contributed by atoms with Gasteiger partial charge in [0.25, 0.3) is 5.91 Å². The molecule has 11 nitrogen and oxygen atoms in total. The van der Waals surface area contributed by atoms with Crippen molar-refractivity contribution >= 4 is 51.0 Å². The van der Waals surface area contributed by atoms with Crippen molar-refractivity contribution in [3.8, 4) is 0 Å². The summed E-state index contributed by atoms with van der Waals surface area (Å²) >= 11 is 3.65. The first-order valence-corrected chi connectivity index (χ1v) is 19.8. The van der Waals surface area contributed by atoms with Crippen molar-refractivity contribution in [2.45, 2.75) is 62.9 Å². The van der Waals surface area contributed by atoms with Crippen LogP contribution in [0.1, 0.15) is 43.9 Å². The first-order valence-electron chi connectivity index (χ1n) is 19.1. The van der Waals surface area contributed by atoms with Crippen LogP contribution >= 0.6 is 15.9 Å². The van der Waals surface area contributed by atoms with E-state index < -0.39 is 72.0 Å². The molecule has 0 saturated carbocycles. The molecule has 3 aromatic rings. The van der Waals surface area contributed by atoms with Gasteiger partial charge in [0.15, 0.2) is 0 Å². The summed E-state index contributed by atoms with van der Waals surface area (Å²) in [7, 11) is 0. The van der Waals surface area contributed by atoms with E-state index in [1.54, 1.807) is 11.0 Å². The minimum atomic E-state index is -1.52. The van der Waals surface area contributed by atoms with Crippen molar-refractivity contribution < 1.29 is 33.8 Å². The van der Waals surface area contributed by atoms with Crippen molar-refractivity contribution in [2.24, 2.45) is 11.8 Å². The second kappa shape index (κ2) is 16.5. The number of allylic oxidation sites excluding steroid dienone is 1. The maximum Gasteiger partial charge on any atom is 0.306 e. The fraction of sp³-hybridized carbons (Fsp3) is 0.395. The van der Waals surface area contributed by atoms with Crippen molar-refractivity contribution in [1.29, 1.82) is 0 Å². The normalized spacial score (nSPS) is 28.0. The third-order valence-electron chi connectivity index (χ3n) is 11.3. The van der Waals surface area contributed by atoms with Crippen LogP contribution in [0, 0.1) is 11.8 Å². The molecule has 3 amide bonds. The summed E-state index contributed by atoms with van der Waals surface area (Å²) in [5.41, 5.74) is 1.71. The molecule has 288 valence electrons. The van der Waals surface area contributed by atoms with Gasteiger partial charge in [0.1, 0.15) is 24.4 Å². The Morgan fingerprint density at radius 2 is 1.62 bits per heavy atom. The van der Waals surface area contributed by atoms with Gasteiger partial charge in [-0.05, 0) is 68.2 Å². The molecule has 0 aromatic heterocycles. The molecule has 2 saturated heterocycles. The summed E-state index contributed by atoms with van der Waals surface area (Å²) in [6.45, 7) is 5.41. The smallest absolute Gasteiger partial charge is 0.306 e. The molecule has 2 N–H and O–H groups in total. The van der Waals surface area contributed by atoms with Gasteiger partial charge in [-0.1, -0.05) is 88.7 Å². The van der Waals surface area contributed by atoms with E-state index in [9.17, 15) is 14.7 Å². The van der Waals surface area contributed by atoms with Gasteiger partial charge in [0, 0.05) is 41.9 Å². The molecule has 0 radical (unpaired) electrons. The van der Waals surface area contributed by atoms with Gasteiger partial charge in [-0.2, -0.15) is 0 Å². The summed E-state index contributed by atoms with van der Waals surface area (Å²) in [5.74, 6) is -3.84. The highest BCUT2D eigenvalue weighted by molar-refractivity contribution is 9.11. The van der Waals surface area contributed by atoms with Gasteiger partial charge >= 0.3 is 5.97 Å². The Morgan fingerprint density at radius 1 is 0.927 bits per heavy atom. The maximum atomic E-state index is 15.5. The van der Waals surface area contributed by atoms with E-state index in [-0.39, 0.29) is 26.0 Å². The highest BCUT2D eigenvalue weighted by Gasteiger charge is 2.75. The lowest BCUT2D eigenvalue weighted by Crippen LogP contribution is -2.59. The number of aliphatic hydroxyl groups is 1. The van der Waals surface area contributed by atoms with Crippen LogP contribution in [0.4, 0.5) is 11.4 Å². The number of esters is 1. The molecule has 4 heterocycles. The van der Waals surface area contributed by atoms with E-state index in [0.717, 1.165) is 29.9 Å². The van der Waals surface area contributed by atoms with E-state index in [2.05, 4.69) is 40.0 Å². The summed E-state index contributed by atoms with van der Waals surface area (Å²) in [6, 6.07) is 23.7. The minimum Gasteiger partial charge on any atom is -0.463 e. The van der Waals surface area contributed by atoms with E-state index >= 15 is 9.59 Å². The Kier molecular flexibility index (Phi) is 11.6. The summed E-state index contributed by atoms with van der Waals surface area (Å²) in [5, 5.41) is 14.1. The second-order valence-electron chi connectivity index (χ2n) is 14.4. The highest BCUT2D eigenvalue weighted by Crippen LogP contribution is 2.59. The van der Waals surface area contributed by atoms with Gasteiger partial charge in [-0.25, -0.2) is 0 Å². The summed E-state index contributed by atoms with van der Waals surface area (Å²) in [4.78, 5) is 63.4. The Balaban J connectivity index is 1.35. The monoisotopic (exact) mass is 810 g/mol. The third kappa shape index (κ3) is 7.35. The third-order valence-corrected chi connectivity index (χ3v) is 12.0. The lowest BCUT2D eigenvalue weighted by atomic mass is 9.74. The number of nitrogens with zero attached hydrogens (tertiary/aromatic N) is 3. The van der Waals surface area contributed by atoms with Gasteiger partial charge in [0.05, 0.1) is 30.5 Å². The zero-order valence-corrected chi connectivity index (χ0v) is 32.6. The molecule has 7 atom stereocenters. The van der Waals surface area contributed by atoms with E-state index in [1.807, 2.05) is 97.1 Å². The van der Waals surface area contributed by atoms with Crippen LogP contribution in [0.2, 0.25) is 0 Å². The first kappa shape index (κ1) is 38.5.